The molecule has 2 heterocycles. The molecule has 106 valence electrons. The van der Waals surface area contributed by atoms with Crippen LogP contribution in [0.1, 0.15) is 22.8 Å². The molecule has 1 amide bonds. The summed E-state index contributed by atoms with van der Waals surface area (Å²) in [5, 5.41) is 0. The molecule has 0 unspecified atom stereocenters. The fourth-order valence-electron chi connectivity index (χ4n) is 2.23. The number of rotatable bonds is 2. The van der Waals surface area contributed by atoms with Crippen molar-refractivity contribution in [3.05, 3.63) is 29.6 Å². The van der Waals surface area contributed by atoms with Crippen LogP contribution in [-0.4, -0.2) is 60.0 Å². The van der Waals surface area contributed by atoms with Crippen LogP contribution >= 0.6 is 0 Å². The zero-order valence-electron chi connectivity index (χ0n) is 11.8. The van der Waals surface area contributed by atoms with Gasteiger partial charge in [0.25, 0.3) is 5.91 Å². The number of pyridine rings is 1. The number of hydrogen-bond donors (Lipinski definition) is 1. The molecule has 20 heavy (non-hydrogen) atoms. The first-order valence-corrected chi connectivity index (χ1v) is 6.90. The molecule has 1 aromatic heterocycles. The topological polar surface area (TPSA) is 62.5 Å². The summed E-state index contributed by atoms with van der Waals surface area (Å²) >= 11 is 0. The van der Waals surface area contributed by atoms with E-state index in [-0.39, 0.29) is 5.91 Å². The van der Waals surface area contributed by atoms with Crippen molar-refractivity contribution < 1.29 is 4.79 Å². The van der Waals surface area contributed by atoms with Crippen LogP contribution in [0.5, 0.6) is 0 Å². The number of piperazine rings is 1. The molecule has 2 rings (SSSR count). The Morgan fingerprint density at radius 3 is 2.75 bits per heavy atom. The molecular formula is C15H20N4O. The van der Waals surface area contributed by atoms with Crippen molar-refractivity contribution in [1.82, 2.24) is 14.8 Å². The normalized spacial score (nSPS) is 15.6. The first-order valence-electron chi connectivity index (χ1n) is 6.90. The fourth-order valence-corrected chi connectivity index (χ4v) is 2.23. The van der Waals surface area contributed by atoms with Crippen molar-refractivity contribution in [2.75, 3.05) is 39.3 Å². The Kier molecular flexibility index (Phi) is 5.10. The molecule has 0 bridgehead atoms. The van der Waals surface area contributed by atoms with Gasteiger partial charge in [-0.1, -0.05) is 18.8 Å². The summed E-state index contributed by atoms with van der Waals surface area (Å²) in [6.45, 7) is 6.88. The highest BCUT2D eigenvalue weighted by atomic mass is 16.2. The average molecular weight is 272 g/mol. The molecule has 0 aliphatic carbocycles. The predicted molar refractivity (Wildman–Crippen MR) is 78.2 cm³/mol. The zero-order chi connectivity index (χ0) is 14.4. The van der Waals surface area contributed by atoms with E-state index in [2.05, 4.69) is 28.6 Å². The lowest BCUT2D eigenvalue weighted by atomic mass is 10.1. The van der Waals surface area contributed by atoms with Gasteiger partial charge >= 0.3 is 0 Å². The summed E-state index contributed by atoms with van der Waals surface area (Å²) in [4.78, 5) is 20.7. The maximum Gasteiger partial charge on any atom is 0.255 e. The summed E-state index contributed by atoms with van der Waals surface area (Å²) in [7, 11) is 0. The number of nitrogens with two attached hydrogens (primary N) is 1. The van der Waals surface area contributed by atoms with Gasteiger partial charge in [0.1, 0.15) is 0 Å². The van der Waals surface area contributed by atoms with Gasteiger partial charge < -0.3 is 15.5 Å². The highest BCUT2D eigenvalue weighted by Gasteiger charge is 2.21. The molecule has 0 aromatic carbocycles. The van der Waals surface area contributed by atoms with Crippen molar-refractivity contribution in [3.8, 4) is 11.8 Å². The molecule has 0 radical (unpaired) electrons. The molecule has 5 heteroatoms. The van der Waals surface area contributed by atoms with Crippen LogP contribution in [0.2, 0.25) is 0 Å². The van der Waals surface area contributed by atoms with E-state index >= 15 is 0 Å². The van der Waals surface area contributed by atoms with Crippen LogP contribution in [0.3, 0.4) is 0 Å². The highest BCUT2D eigenvalue weighted by molar-refractivity contribution is 5.94. The number of carbonyl (C=O) groups excluding carboxylic acids is 1. The van der Waals surface area contributed by atoms with E-state index < -0.39 is 0 Å². The maximum atomic E-state index is 12.4. The van der Waals surface area contributed by atoms with Crippen LogP contribution in [0, 0.1) is 11.8 Å². The van der Waals surface area contributed by atoms with E-state index in [0.717, 1.165) is 38.3 Å². The Morgan fingerprint density at radius 2 is 2.10 bits per heavy atom. The number of nitrogens with zero attached hydrogens (tertiary/aromatic N) is 3. The molecule has 1 aromatic rings. The van der Waals surface area contributed by atoms with E-state index in [1.165, 1.54) is 0 Å². The van der Waals surface area contributed by atoms with E-state index in [9.17, 15) is 4.79 Å². The molecule has 0 atom stereocenters. The Bertz CT molecular complexity index is 524. The second-order valence-corrected chi connectivity index (χ2v) is 4.69. The largest absolute Gasteiger partial charge is 0.336 e. The number of amides is 1. The SMILES string of the molecule is CCN1CCN(C(=O)c2cncc(C#CCN)c2)CC1. The number of hydrogen-bond acceptors (Lipinski definition) is 4. The summed E-state index contributed by atoms with van der Waals surface area (Å²) in [6.07, 6.45) is 3.25. The van der Waals surface area contributed by atoms with Crippen LogP contribution in [0.25, 0.3) is 0 Å². The Balaban J connectivity index is 2.06. The molecule has 0 saturated carbocycles. The number of aromatic nitrogens is 1. The van der Waals surface area contributed by atoms with Crippen LogP contribution < -0.4 is 5.73 Å². The monoisotopic (exact) mass is 272 g/mol. The Hall–Kier alpha value is -1.90. The van der Waals surface area contributed by atoms with E-state index in [0.29, 0.717) is 12.1 Å². The lowest BCUT2D eigenvalue weighted by Crippen LogP contribution is -2.48. The van der Waals surface area contributed by atoms with Gasteiger partial charge in [0.15, 0.2) is 0 Å². The third-order valence-electron chi connectivity index (χ3n) is 3.43. The third kappa shape index (κ3) is 3.56. The summed E-state index contributed by atoms with van der Waals surface area (Å²) in [6, 6.07) is 1.78. The van der Waals surface area contributed by atoms with Gasteiger partial charge in [-0.3, -0.25) is 9.78 Å². The predicted octanol–water partition coefficient (Wildman–Crippen LogP) is 0.170. The molecule has 1 fully saturated rings. The zero-order valence-corrected chi connectivity index (χ0v) is 11.8. The van der Waals surface area contributed by atoms with Gasteiger partial charge in [0.05, 0.1) is 12.1 Å². The molecule has 2 N–H and O–H groups in total. The second kappa shape index (κ2) is 7.04. The lowest BCUT2D eigenvalue weighted by molar-refractivity contribution is 0.0643. The smallest absolute Gasteiger partial charge is 0.255 e. The highest BCUT2D eigenvalue weighted by Crippen LogP contribution is 2.09. The minimum absolute atomic E-state index is 0.0321. The summed E-state index contributed by atoms with van der Waals surface area (Å²) in [5.74, 6) is 5.70. The molecule has 5 nitrogen and oxygen atoms in total. The van der Waals surface area contributed by atoms with Crippen LogP contribution in [0.15, 0.2) is 18.5 Å². The minimum atomic E-state index is 0.0321. The van der Waals surface area contributed by atoms with E-state index in [4.69, 9.17) is 5.73 Å². The van der Waals surface area contributed by atoms with E-state index in [1.807, 2.05) is 4.90 Å². The summed E-state index contributed by atoms with van der Waals surface area (Å²) < 4.78 is 0. The first-order chi connectivity index (χ1) is 9.74. The molecule has 1 aliphatic rings. The van der Waals surface area contributed by atoms with E-state index in [1.54, 1.807) is 18.5 Å². The van der Waals surface area contributed by atoms with Crippen LogP contribution in [-0.2, 0) is 0 Å². The van der Waals surface area contributed by atoms with Gasteiger partial charge in [-0.25, -0.2) is 0 Å². The number of likely N-dealkylation sites (N-methyl/N-ethyl adjacent to an activating group) is 1. The average Bonchev–Trinajstić information content (AvgIpc) is 2.52. The lowest BCUT2D eigenvalue weighted by Gasteiger charge is -2.34. The second-order valence-electron chi connectivity index (χ2n) is 4.69. The third-order valence-corrected chi connectivity index (χ3v) is 3.43. The standard InChI is InChI=1S/C15H20N4O/c1-2-18-6-8-19(9-7-18)15(20)14-10-13(4-3-5-16)11-17-12-14/h10-12H,2,5-9,16H2,1H3. The summed E-state index contributed by atoms with van der Waals surface area (Å²) in [5.41, 5.74) is 6.67. The molecule has 1 saturated heterocycles. The maximum absolute atomic E-state index is 12.4. The van der Waals surface area contributed by atoms with Crippen molar-refractivity contribution >= 4 is 5.91 Å². The van der Waals surface area contributed by atoms with Gasteiger partial charge in [0, 0.05) is 44.1 Å². The van der Waals surface area contributed by atoms with Gasteiger partial charge in [0.2, 0.25) is 0 Å². The molecule has 0 spiro atoms. The van der Waals surface area contributed by atoms with Crippen LogP contribution in [0.4, 0.5) is 0 Å². The Labute approximate surface area is 119 Å². The molecular weight excluding hydrogens is 252 g/mol. The van der Waals surface area contributed by atoms with Crippen molar-refractivity contribution in [1.29, 1.82) is 0 Å². The van der Waals surface area contributed by atoms with Crippen molar-refractivity contribution in [2.24, 2.45) is 5.73 Å². The molecule has 1 aliphatic heterocycles. The Morgan fingerprint density at radius 1 is 1.35 bits per heavy atom. The van der Waals surface area contributed by atoms with Gasteiger partial charge in [-0.15, -0.1) is 0 Å². The number of carbonyl (C=O) groups is 1. The van der Waals surface area contributed by atoms with Gasteiger partial charge in [-0.05, 0) is 12.6 Å². The van der Waals surface area contributed by atoms with Gasteiger partial charge in [-0.2, -0.15) is 0 Å². The fraction of sp³-hybridized carbons (Fsp3) is 0.467. The first kappa shape index (κ1) is 14.5. The minimum Gasteiger partial charge on any atom is -0.336 e. The quantitative estimate of drug-likeness (QED) is 0.780. The van der Waals surface area contributed by atoms with Crippen molar-refractivity contribution in [2.45, 2.75) is 6.92 Å². The van der Waals surface area contributed by atoms with Crippen molar-refractivity contribution in [3.63, 3.8) is 0 Å².